The summed E-state index contributed by atoms with van der Waals surface area (Å²) in [5, 5.41) is 8.29. The minimum atomic E-state index is 0.350. The van der Waals surface area contributed by atoms with Gasteiger partial charge in [0.15, 0.2) is 0 Å². The number of hydrogen-bond acceptors (Lipinski definition) is 2. The largest absolute Gasteiger partial charge is 0.310 e. The van der Waals surface area contributed by atoms with Gasteiger partial charge in [-0.25, -0.2) is 0 Å². The third-order valence-electron chi connectivity index (χ3n) is 4.00. The first-order chi connectivity index (χ1) is 10.2. The fraction of sp³-hybridized carbons (Fsp3) is 0.500. The molecular formula is C18H27N3. The maximum Gasteiger partial charge on any atom is 0.0624 e. The molecule has 1 aromatic heterocycles. The summed E-state index contributed by atoms with van der Waals surface area (Å²) in [6, 6.07) is 11.3. The minimum absolute atomic E-state index is 0.350. The van der Waals surface area contributed by atoms with Crippen LogP contribution in [0.4, 0.5) is 0 Å². The van der Waals surface area contributed by atoms with Gasteiger partial charge in [0.25, 0.3) is 0 Å². The van der Waals surface area contributed by atoms with Gasteiger partial charge in [0.05, 0.1) is 5.69 Å². The summed E-state index contributed by atoms with van der Waals surface area (Å²) < 4.78 is 2.14. The standard InChI is InChI=1S/C18H27N3/c1-5-15-12-16(21(7-3)20-15)13-18(19-6-2)17-11-9-8-10-14(17)4/h8-12,18-19H,5-7,13H2,1-4H3. The van der Waals surface area contributed by atoms with Gasteiger partial charge in [0, 0.05) is 24.7 Å². The zero-order valence-electron chi connectivity index (χ0n) is 13.7. The summed E-state index contributed by atoms with van der Waals surface area (Å²) in [7, 11) is 0. The minimum Gasteiger partial charge on any atom is -0.310 e. The van der Waals surface area contributed by atoms with Crippen molar-refractivity contribution < 1.29 is 0 Å². The van der Waals surface area contributed by atoms with Crippen LogP contribution in [0.5, 0.6) is 0 Å². The molecule has 0 bridgehead atoms. The molecule has 21 heavy (non-hydrogen) atoms. The number of benzene rings is 1. The maximum absolute atomic E-state index is 4.67. The number of aromatic nitrogens is 2. The zero-order chi connectivity index (χ0) is 15.2. The van der Waals surface area contributed by atoms with E-state index in [0.717, 1.165) is 25.9 Å². The van der Waals surface area contributed by atoms with E-state index in [-0.39, 0.29) is 0 Å². The molecule has 2 rings (SSSR count). The second-order valence-electron chi connectivity index (χ2n) is 5.47. The van der Waals surface area contributed by atoms with Gasteiger partial charge in [-0.05, 0) is 44.0 Å². The van der Waals surface area contributed by atoms with Crippen molar-refractivity contribution in [2.24, 2.45) is 0 Å². The molecule has 0 saturated carbocycles. The van der Waals surface area contributed by atoms with Crippen molar-refractivity contribution in [2.45, 2.75) is 53.1 Å². The van der Waals surface area contributed by atoms with Gasteiger partial charge in [-0.1, -0.05) is 38.1 Å². The Hall–Kier alpha value is -1.61. The Morgan fingerprint density at radius 1 is 1.19 bits per heavy atom. The predicted octanol–water partition coefficient (Wildman–Crippen LogP) is 3.67. The topological polar surface area (TPSA) is 29.9 Å². The van der Waals surface area contributed by atoms with E-state index in [1.54, 1.807) is 0 Å². The summed E-state index contributed by atoms with van der Waals surface area (Å²) in [6.07, 6.45) is 1.98. The van der Waals surface area contributed by atoms with Gasteiger partial charge >= 0.3 is 0 Å². The van der Waals surface area contributed by atoms with Crippen LogP contribution in [0.25, 0.3) is 0 Å². The quantitative estimate of drug-likeness (QED) is 0.841. The van der Waals surface area contributed by atoms with Gasteiger partial charge in [-0.15, -0.1) is 0 Å². The molecule has 0 aliphatic carbocycles. The van der Waals surface area contributed by atoms with E-state index in [1.165, 1.54) is 22.5 Å². The normalized spacial score (nSPS) is 12.6. The molecule has 3 heteroatoms. The maximum atomic E-state index is 4.67. The summed E-state index contributed by atoms with van der Waals surface area (Å²) in [6.45, 7) is 10.6. The Kier molecular flexibility index (Phi) is 5.57. The zero-order valence-corrected chi connectivity index (χ0v) is 13.7. The van der Waals surface area contributed by atoms with Gasteiger partial charge in [0.1, 0.15) is 0 Å². The average Bonchev–Trinajstić information content (AvgIpc) is 2.89. The summed E-state index contributed by atoms with van der Waals surface area (Å²) in [5.41, 5.74) is 5.25. The Labute approximate surface area is 128 Å². The molecule has 0 aliphatic heterocycles. The van der Waals surface area contributed by atoms with E-state index in [2.05, 4.69) is 73.1 Å². The van der Waals surface area contributed by atoms with Gasteiger partial charge in [-0.3, -0.25) is 4.68 Å². The highest BCUT2D eigenvalue weighted by Gasteiger charge is 2.16. The molecule has 1 heterocycles. The lowest BCUT2D eigenvalue weighted by Gasteiger charge is -2.20. The lowest BCUT2D eigenvalue weighted by atomic mass is 9.97. The molecule has 1 aromatic carbocycles. The van der Waals surface area contributed by atoms with Gasteiger partial charge in [-0.2, -0.15) is 5.10 Å². The molecule has 0 amide bonds. The van der Waals surface area contributed by atoms with Crippen molar-refractivity contribution in [1.82, 2.24) is 15.1 Å². The second kappa shape index (κ2) is 7.41. The van der Waals surface area contributed by atoms with Crippen LogP contribution in [0.1, 0.15) is 49.3 Å². The molecule has 0 radical (unpaired) electrons. The second-order valence-corrected chi connectivity index (χ2v) is 5.47. The molecule has 114 valence electrons. The van der Waals surface area contributed by atoms with Crippen LogP contribution >= 0.6 is 0 Å². The number of nitrogens with zero attached hydrogens (tertiary/aromatic N) is 2. The summed E-state index contributed by atoms with van der Waals surface area (Å²) in [4.78, 5) is 0. The molecule has 0 aliphatic rings. The van der Waals surface area contributed by atoms with Crippen molar-refractivity contribution in [1.29, 1.82) is 0 Å². The Bertz CT molecular complexity index is 572. The first-order valence-electron chi connectivity index (χ1n) is 8.04. The van der Waals surface area contributed by atoms with Crippen LogP contribution in [-0.2, 0) is 19.4 Å². The lowest BCUT2D eigenvalue weighted by Crippen LogP contribution is -2.24. The van der Waals surface area contributed by atoms with Crippen LogP contribution in [0, 0.1) is 6.92 Å². The van der Waals surface area contributed by atoms with Crippen LogP contribution in [0.3, 0.4) is 0 Å². The van der Waals surface area contributed by atoms with Gasteiger partial charge < -0.3 is 5.32 Å². The fourth-order valence-corrected chi connectivity index (χ4v) is 2.85. The fourth-order valence-electron chi connectivity index (χ4n) is 2.85. The average molecular weight is 285 g/mol. The van der Waals surface area contributed by atoms with Gasteiger partial charge in [0.2, 0.25) is 0 Å². The molecule has 0 spiro atoms. The van der Waals surface area contributed by atoms with E-state index in [9.17, 15) is 0 Å². The van der Waals surface area contributed by atoms with E-state index >= 15 is 0 Å². The first-order valence-corrected chi connectivity index (χ1v) is 8.04. The highest BCUT2D eigenvalue weighted by molar-refractivity contribution is 5.30. The summed E-state index contributed by atoms with van der Waals surface area (Å²) >= 11 is 0. The molecule has 3 nitrogen and oxygen atoms in total. The van der Waals surface area contributed by atoms with E-state index in [0.29, 0.717) is 6.04 Å². The van der Waals surface area contributed by atoms with E-state index in [1.807, 2.05) is 0 Å². The number of likely N-dealkylation sites (N-methyl/N-ethyl adjacent to an activating group) is 1. The van der Waals surface area contributed by atoms with Crippen LogP contribution < -0.4 is 5.32 Å². The molecular weight excluding hydrogens is 258 g/mol. The molecule has 1 N–H and O–H groups in total. The smallest absolute Gasteiger partial charge is 0.0624 e. The number of nitrogens with one attached hydrogen (secondary N) is 1. The van der Waals surface area contributed by atoms with Crippen molar-refractivity contribution in [3.63, 3.8) is 0 Å². The predicted molar refractivity (Wildman–Crippen MR) is 88.6 cm³/mol. The Morgan fingerprint density at radius 3 is 2.57 bits per heavy atom. The third kappa shape index (κ3) is 3.73. The van der Waals surface area contributed by atoms with E-state index < -0.39 is 0 Å². The molecule has 1 unspecified atom stereocenters. The number of aryl methyl sites for hydroxylation is 3. The molecule has 1 atom stereocenters. The van der Waals surface area contributed by atoms with Crippen LogP contribution in [0.15, 0.2) is 30.3 Å². The Balaban J connectivity index is 2.28. The number of rotatable bonds is 7. The van der Waals surface area contributed by atoms with Crippen molar-refractivity contribution in [3.05, 3.63) is 52.8 Å². The van der Waals surface area contributed by atoms with E-state index in [4.69, 9.17) is 0 Å². The van der Waals surface area contributed by atoms with Crippen molar-refractivity contribution >= 4 is 0 Å². The first kappa shape index (κ1) is 15.8. The molecule has 0 saturated heterocycles. The highest BCUT2D eigenvalue weighted by atomic mass is 15.3. The van der Waals surface area contributed by atoms with Crippen LogP contribution in [0.2, 0.25) is 0 Å². The van der Waals surface area contributed by atoms with Crippen molar-refractivity contribution in [2.75, 3.05) is 6.54 Å². The number of hydrogen-bond donors (Lipinski definition) is 1. The molecule has 2 aromatic rings. The highest BCUT2D eigenvalue weighted by Crippen LogP contribution is 2.22. The lowest BCUT2D eigenvalue weighted by molar-refractivity contribution is 0.514. The van der Waals surface area contributed by atoms with Crippen molar-refractivity contribution in [3.8, 4) is 0 Å². The van der Waals surface area contributed by atoms with Crippen LogP contribution in [-0.4, -0.2) is 16.3 Å². The summed E-state index contributed by atoms with van der Waals surface area (Å²) in [5.74, 6) is 0. The Morgan fingerprint density at radius 2 is 1.95 bits per heavy atom. The monoisotopic (exact) mass is 285 g/mol. The third-order valence-corrected chi connectivity index (χ3v) is 4.00. The SMILES string of the molecule is CCNC(Cc1cc(CC)nn1CC)c1ccccc1C. The molecule has 0 fully saturated rings.